The molecule has 1 atom stereocenters. The van der Waals surface area contributed by atoms with Crippen LogP contribution in [-0.2, 0) is 4.79 Å². The third kappa shape index (κ3) is 1.81. The average molecular weight is 306 g/mol. The molecule has 1 aromatic carbocycles. The zero-order valence-electron chi connectivity index (χ0n) is 10.4. The molecule has 1 fully saturated rings. The number of halogens is 1. The van der Waals surface area contributed by atoms with Crippen LogP contribution in [-0.4, -0.2) is 10.4 Å². The van der Waals surface area contributed by atoms with Crippen LogP contribution in [0.2, 0.25) is 0 Å². The lowest BCUT2D eigenvalue weighted by atomic mass is 9.93. The smallest absolute Gasteiger partial charge is 0.155 e. The van der Waals surface area contributed by atoms with Gasteiger partial charge in [-0.25, -0.2) is 0 Å². The minimum Gasteiger partial charge on any atom is -0.333 e. The summed E-state index contributed by atoms with van der Waals surface area (Å²) in [4.78, 5) is 12.2. The summed E-state index contributed by atoms with van der Waals surface area (Å²) in [6.45, 7) is 2.09. The maximum atomic E-state index is 12.2. The van der Waals surface area contributed by atoms with Gasteiger partial charge in [-0.1, -0.05) is 18.6 Å². The Morgan fingerprint density at radius 3 is 2.94 bits per heavy atom. The van der Waals surface area contributed by atoms with Crippen LogP contribution >= 0.6 is 15.9 Å². The lowest BCUT2D eigenvalue weighted by Crippen LogP contribution is -2.23. The molecular formula is C15H16BrNO. The van der Waals surface area contributed by atoms with Gasteiger partial charge in [0.25, 0.3) is 0 Å². The first-order chi connectivity index (χ1) is 8.68. The number of Topliss-reactive ketones (excluding diaryl/α,β-unsaturated/α-hetero) is 1. The molecule has 0 amide bonds. The van der Waals surface area contributed by atoms with Gasteiger partial charge in [-0.3, -0.25) is 4.79 Å². The number of rotatable bonds is 1. The predicted molar refractivity (Wildman–Crippen MR) is 76.9 cm³/mol. The van der Waals surface area contributed by atoms with Crippen molar-refractivity contribution in [2.45, 2.75) is 38.6 Å². The van der Waals surface area contributed by atoms with Crippen molar-refractivity contribution in [2.75, 3.05) is 0 Å². The molecule has 0 bridgehead atoms. The predicted octanol–water partition coefficient (Wildman–Crippen LogP) is 4.40. The summed E-state index contributed by atoms with van der Waals surface area (Å²) < 4.78 is 3.30. The number of fused-ring (bicyclic) bond motifs is 1. The molecule has 0 spiro atoms. The van der Waals surface area contributed by atoms with Crippen LogP contribution in [0.4, 0.5) is 0 Å². The second-order valence-electron chi connectivity index (χ2n) is 5.06. The molecule has 1 aromatic heterocycles. The van der Waals surface area contributed by atoms with Crippen LogP contribution in [0.5, 0.6) is 0 Å². The van der Waals surface area contributed by atoms with Crippen LogP contribution in [0, 0.1) is 6.92 Å². The normalized spacial score (nSPS) is 20.6. The monoisotopic (exact) mass is 305 g/mol. The van der Waals surface area contributed by atoms with Gasteiger partial charge in [0.05, 0.1) is 11.6 Å². The zero-order valence-corrected chi connectivity index (χ0v) is 12.0. The van der Waals surface area contributed by atoms with Gasteiger partial charge in [-0.15, -0.1) is 0 Å². The van der Waals surface area contributed by atoms with Crippen molar-refractivity contribution in [3.8, 4) is 0 Å². The van der Waals surface area contributed by atoms with Gasteiger partial charge in [0.2, 0.25) is 0 Å². The van der Waals surface area contributed by atoms with Crippen molar-refractivity contribution in [1.29, 1.82) is 0 Å². The molecule has 1 aliphatic rings. The van der Waals surface area contributed by atoms with E-state index in [1.54, 1.807) is 0 Å². The molecule has 2 aromatic rings. The van der Waals surface area contributed by atoms with Crippen LogP contribution in [0.1, 0.15) is 37.4 Å². The molecule has 3 rings (SSSR count). The van der Waals surface area contributed by atoms with Crippen molar-refractivity contribution < 1.29 is 4.79 Å². The van der Waals surface area contributed by atoms with E-state index in [0.29, 0.717) is 5.78 Å². The Kier molecular flexibility index (Phi) is 3.02. The Balaban J connectivity index is 2.21. The van der Waals surface area contributed by atoms with Crippen molar-refractivity contribution >= 4 is 32.6 Å². The quantitative estimate of drug-likeness (QED) is 0.765. The van der Waals surface area contributed by atoms with Gasteiger partial charge < -0.3 is 4.57 Å². The van der Waals surface area contributed by atoms with Crippen molar-refractivity contribution in [2.24, 2.45) is 0 Å². The van der Waals surface area contributed by atoms with E-state index in [-0.39, 0.29) is 6.04 Å². The van der Waals surface area contributed by atoms with Crippen LogP contribution in [0.15, 0.2) is 28.7 Å². The summed E-state index contributed by atoms with van der Waals surface area (Å²) >= 11 is 3.62. The molecule has 0 saturated heterocycles. The molecule has 0 N–H and O–H groups in total. The number of para-hydroxylation sites is 1. The van der Waals surface area contributed by atoms with Gasteiger partial charge in [0, 0.05) is 22.0 Å². The number of aromatic nitrogens is 1. The number of nitrogens with zero attached hydrogens (tertiary/aromatic N) is 1. The number of hydrogen-bond acceptors (Lipinski definition) is 1. The molecule has 0 radical (unpaired) electrons. The third-order valence-electron chi connectivity index (χ3n) is 3.84. The second-order valence-corrected chi connectivity index (χ2v) is 5.92. The summed E-state index contributed by atoms with van der Waals surface area (Å²) in [5, 5.41) is 1.21. The Morgan fingerprint density at radius 1 is 1.33 bits per heavy atom. The van der Waals surface area contributed by atoms with E-state index in [1.807, 2.05) is 12.1 Å². The van der Waals surface area contributed by atoms with Crippen molar-refractivity contribution in [1.82, 2.24) is 4.57 Å². The number of benzene rings is 1. The lowest BCUT2D eigenvalue weighted by molar-refractivity contribution is -0.123. The van der Waals surface area contributed by atoms with Crippen molar-refractivity contribution in [3.63, 3.8) is 0 Å². The Labute approximate surface area is 115 Å². The highest BCUT2D eigenvalue weighted by atomic mass is 79.9. The minimum atomic E-state index is 0.0370. The molecular weight excluding hydrogens is 290 g/mol. The minimum absolute atomic E-state index is 0.0370. The molecule has 2 nitrogen and oxygen atoms in total. The summed E-state index contributed by atoms with van der Waals surface area (Å²) in [7, 11) is 0. The van der Waals surface area contributed by atoms with E-state index >= 15 is 0 Å². The van der Waals surface area contributed by atoms with E-state index in [0.717, 1.165) is 35.7 Å². The first-order valence-electron chi connectivity index (χ1n) is 6.47. The van der Waals surface area contributed by atoms with E-state index < -0.39 is 0 Å². The number of carbonyl (C=O) groups excluding carboxylic acids is 1. The molecule has 94 valence electrons. The van der Waals surface area contributed by atoms with E-state index in [4.69, 9.17) is 0 Å². The summed E-state index contributed by atoms with van der Waals surface area (Å²) in [6.07, 6.45) is 3.91. The van der Waals surface area contributed by atoms with Crippen LogP contribution < -0.4 is 0 Å². The van der Waals surface area contributed by atoms with E-state index in [9.17, 15) is 4.79 Å². The molecule has 1 saturated carbocycles. The summed E-state index contributed by atoms with van der Waals surface area (Å²) in [6, 6.07) is 8.40. The number of aryl methyl sites for hydroxylation is 1. The zero-order chi connectivity index (χ0) is 12.7. The first-order valence-corrected chi connectivity index (χ1v) is 7.26. The molecule has 18 heavy (non-hydrogen) atoms. The highest BCUT2D eigenvalue weighted by Gasteiger charge is 2.26. The largest absolute Gasteiger partial charge is 0.333 e. The standard InChI is InChI=1S/C15H16BrNO/c1-10-9-11-5-4-6-12(16)15(11)17(10)13-7-2-3-8-14(13)18/h4-6,9,13H,2-3,7-8H2,1H3. The topological polar surface area (TPSA) is 22.0 Å². The summed E-state index contributed by atoms with van der Waals surface area (Å²) in [5.74, 6) is 0.387. The number of hydrogen-bond donors (Lipinski definition) is 0. The number of ketones is 1. The molecule has 1 unspecified atom stereocenters. The Hall–Kier alpha value is -1.09. The Morgan fingerprint density at radius 2 is 2.17 bits per heavy atom. The lowest BCUT2D eigenvalue weighted by Gasteiger charge is -2.24. The molecule has 1 heterocycles. The highest BCUT2D eigenvalue weighted by Crippen LogP contribution is 2.34. The van der Waals surface area contributed by atoms with Crippen LogP contribution in [0.25, 0.3) is 10.9 Å². The maximum Gasteiger partial charge on any atom is 0.155 e. The van der Waals surface area contributed by atoms with Gasteiger partial charge in [0.15, 0.2) is 5.78 Å². The van der Waals surface area contributed by atoms with Gasteiger partial charge >= 0.3 is 0 Å². The molecule has 0 aliphatic heterocycles. The third-order valence-corrected chi connectivity index (χ3v) is 4.48. The molecule has 3 heteroatoms. The second kappa shape index (κ2) is 4.54. The van der Waals surface area contributed by atoms with Crippen molar-refractivity contribution in [3.05, 3.63) is 34.4 Å². The van der Waals surface area contributed by atoms with E-state index in [2.05, 4.69) is 39.6 Å². The first kappa shape index (κ1) is 12.0. The van der Waals surface area contributed by atoms with Gasteiger partial charge in [0.1, 0.15) is 0 Å². The fourth-order valence-electron chi connectivity index (χ4n) is 3.01. The summed E-state index contributed by atoms with van der Waals surface area (Å²) in [5.41, 5.74) is 2.34. The fourth-order valence-corrected chi connectivity index (χ4v) is 3.59. The maximum absolute atomic E-state index is 12.2. The van der Waals surface area contributed by atoms with E-state index in [1.165, 1.54) is 11.1 Å². The van der Waals surface area contributed by atoms with Gasteiger partial charge in [-0.05, 0) is 47.8 Å². The molecule has 1 aliphatic carbocycles. The SMILES string of the molecule is Cc1cc2cccc(Br)c2n1C1CCCCC1=O. The average Bonchev–Trinajstić information content (AvgIpc) is 2.68. The van der Waals surface area contributed by atoms with Crippen LogP contribution in [0.3, 0.4) is 0 Å². The fraction of sp³-hybridized carbons (Fsp3) is 0.400. The van der Waals surface area contributed by atoms with Gasteiger partial charge in [-0.2, -0.15) is 0 Å². The Bertz CT molecular complexity index is 614. The highest BCUT2D eigenvalue weighted by molar-refractivity contribution is 9.10. The number of carbonyl (C=O) groups is 1.